The van der Waals surface area contributed by atoms with E-state index in [1.54, 1.807) is 18.2 Å². The summed E-state index contributed by atoms with van der Waals surface area (Å²) < 4.78 is 51.6. The molecule has 0 fully saturated rings. The number of carbonyl (C=O) groups is 1. The van der Waals surface area contributed by atoms with Crippen molar-refractivity contribution in [1.82, 2.24) is 4.98 Å². The molecule has 9 heteroatoms. The van der Waals surface area contributed by atoms with E-state index in [9.17, 15) is 18.0 Å². The molecule has 1 aromatic carbocycles. The third-order valence-electron chi connectivity index (χ3n) is 3.17. The molecule has 0 saturated heterocycles. The number of alkyl halides is 3. The maximum atomic E-state index is 12.1. The lowest BCUT2D eigenvalue weighted by Crippen LogP contribution is -2.19. The van der Waals surface area contributed by atoms with E-state index in [0.29, 0.717) is 30.4 Å². The van der Waals surface area contributed by atoms with Gasteiger partial charge in [0.05, 0.1) is 6.20 Å². The second-order valence-corrected chi connectivity index (χ2v) is 5.10. The van der Waals surface area contributed by atoms with Crippen LogP contribution in [0.4, 0.5) is 18.9 Å². The summed E-state index contributed by atoms with van der Waals surface area (Å²) in [6, 6.07) is 7.46. The predicted molar refractivity (Wildman–Crippen MR) is 81.2 cm³/mol. The number of anilines is 1. The number of ether oxygens (including phenoxy) is 3. The minimum absolute atomic E-state index is 0.0363. The smallest absolute Gasteiger partial charge is 0.422 e. The Balaban J connectivity index is 1.63. The number of aromatic nitrogens is 1. The molecule has 2 heterocycles. The van der Waals surface area contributed by atoms with E-state index >= 15 is 0 Å². The van der Waals surface area contributed by atoms with Gasteiger partial charge in [-0.05, 0) is 24.3 Å². The number of hydrogen-bond acceptors (Lipinski definition) is 5. The molecule has 0 saturated carbocycles. The van der Waals surface area contributed by atoms with Crippen molar-refractivity contribution in [1.29, 1.82) is 0 Å². The van der Waals surface area contributed by atoms with E-state index in [2.05, 4.69) is 15.0 Å². The fraction of sp³-hybridized carbons (Fsp3) is 0.250. The van der Waals surface area contributed by atoms with Crippen LogP contribution < -0.4 is 19.5 Å². The molecule has 1 aromatic heterocycles. The molecule has 0 atom stereocenters. The number of carbonyl (C=O) groups excluding carboxylic acids is 1. The molecule has 0 bridgehead atoms. The highest BCUT2D eigenvalue weighted by Gasteiger charge is 2.28. The number of fused-ring (bicyclic) bond motifs is 1. The summed E-state index contributed by atoms with van der Waals surface area (Å²) >= 11 is 0. The van der Waals surface area contributed by atoms with Gasteiger partial charge in [0.1, 0.15) is 24.7 Å². The normalized spacial score (nSPS) is 13.2. The highest BCUT2D eigenvalue weighted by Crippen LogP contribution is 2.32. The molecule has 0 aliphatic carbocycles. The minimum atomic E-state index is -4.44. The van der Waals surface area contributed by atoms with Crippen LogP contribution in [0.3, 0.4) is 0 Å². The van der Waals surface area contributed by atoms with Crippen LogP contribution >= 0.6 is 0 Å². The predicted octanol–water partition coefficient (Wildman–Crippen LogP) is 3.05. The average molecular weight is 354 g/mol. The Morgan fingerprint density at radius 2 is 1.92 bits per heavy atom. The molecule has 132 valence electrons. The van der Waals surface area contributed by atoms with Crippen molar-refractivity contribution in [2.75, 3.05) is 25.1 Å². The number of rotatable bonds is 4. The van der Waals surface area contributed by atoms with Gasteiger partial charge in [0.25, 0.3) is 5.91 Å². The van der Waals surface area contributed by atoms with Crippen LogP contribution in [0.25, 0.3) is 0 Å². The monoisotopic (exact) mass is 354 g/mol. The van der Waals surface area contributed by atoms with Crippen LogP contribution in [-0.2, 0) is 0 Å². The van der Waals surface area contributed by atoms with Crippen molar-refractivity contribution < 1.29 is 32.2 Å². The van der Waals surface area contributed by atoms with Gasteiger partial charge in [-0.2, -0.15) is 13.2 Å². The van der Waals surface area contributed by atoms with Gasteiger partial charge in [-0.1, -0.05) is 0 Å². The van der Waals surface area contributed by atoms with Gasteiger partial charge in [-0.25, -0.2) is 4.98 Å². The van der Waals surface area contributed by atoms with Gasteiger partial charge in [-0.15, -0.1) is 0 Å². The highest BCUT2D eigenvalue weighted by atomic mass is 19.4. The summed E-state index contributed by atoms with van der Waals surface area (Å²) in [5.41, 5.74) is 0.516. The van der Waals surface area contributed by atoms with Gasteiger partial charge in [0.15, 0.2) is 18.1 Å². The van der Waals surface area contributed by atoms with Crippen molar-refractivity contribution >= 4 is 11.6 Å². The van der Waals surface area contributed by atoms with Crippen LogP contribution in [0.2, 0.25) is 0 Å². The van der Waals surface area contributed by atoms with Crippen molar-refractivity contribution in [3.8, 4) is 17.2 Å². The molecule has 6 nitrogen and oxygen atoms in total. The minimum Gasteiger partial charge on any atom is -0.486 e. The van der Waals surface area contributed by atoms with Gasteiger partial charge in [-0.3, -0.25) is 4.79 Å². The standard InChI is InChI=1S/C16H13F3N2O4/c17-16(18,19)9-25-11-2-3-12(20-8-11)15(22)21-10-1-4-13-14(7-10)24-6-5-23-13/h1-4,7-8H,5-6,9H2,(H,21,22). The SMILES string of the molecule is O=C(Nc1ccc2c(c1)OCCO2)c1ccc(OCC(F)(F)F)cn1. The maximum Gasteiger partial charge on any atom is 0.422 e. The van der Waals surface area contributed by atoms with Crippen LogP contribution in [0.1, 0.15) is 10.5 Å². The largest absolute Gasteiger partial charge is 0.486 e. The van der Waals surface area contributed by atoms with Crippen LogP contribution in [-0.4, -0.2) is 36.9 Å². The first-order valence-corrected chi connectivity index (χ1v) is 7.27. The molecule has 1 N–H and O–H groups in total. The summed E-state index contributed by atoms with van der Waals surface area (Å²) in [7, 11) is 0. The summed E-state index contributed by atoms with van der Waals surface area (Å²) in [5, 5.41) is 2.63. The molecule has 0 unspecified atom stereocenters. The second kappa shape index (κ2) is 6.88. The molecular formula is C16H13F3N2O4. The molecule has 0 radical (unpaired) electrons. The van der Waals surface area contributed by atoms with E-state index in [0.717, 1.165) is 6.20 Å². The Labute approximate surface area is 140 Å². The lowest BCUT2D eigenvalue weighted by atomic mass is 10.2. The molecule has 1 amide bonds. The zero-order valence-electron chi connectivity index (χ0n) is 12.8. The van der Waals surface area contributed by atoms with Crippen molar-refractivity contribution in [3.63, 3.8) is 0 Å². The van der Waals surface area contributed by atoms with E-state index in [1.807, 2.05) is 0 Å². The van der Waals surface area contributed by atoms with Gasteiger partial charge in [0, 0.05) is 11.8 Å². The van der Waals surface area contributed by atoms with E-state index in [1.165, 1.54) is 12.1 Å². The van der Waals surface area contributed by atoms with Crippen molar-refractivity contribution in [2.24, 2.45) is 0 Å². The molecule has 0 spiro atoms. The highest BCUT2D eigenvalue weighted by molar-refractivity contribution is 6.03. The number of benzene rings is 1. The summed E-state index contributed by atoms with van der Waals surface area (Å²) in [6.07, 6.45) is -3.38. The van der Waals surface area contributed by atoms with Crippen molar-refractivity contribution in [3.05, 3.63) is 42.2 Å². The first-order chi connectivity index (χ1) is 11.9. The number of nitrogens with zero attached hydrogens (tertiary/aromatic N) is 1. The van der Waals surface area contributed by atoms with Gasteiger partial charge >= 0.3 is 6.18 Å². The Morgan fingerprint density at radius 1 is 1.16 bits per heavy atom. The van der Waals surface area contributed by atoms with E-state index in [-0.39, 0.29) is 11.4 Å². The number of hydrogen-bond donors (Lipinski definition) is 1. The summed E-state index contributed by atoms with van der Waals surface area (Å²) in [6.45, 7) is -0.534. The fourth-order valence-corrected chi connectivity index (χ4v) is 2.08. The van der Waals surface area contributed by atoms with Crippen LogP contribution in [0.5, 0.6) is 17.2 Å². The topological polar surface area (TPSA) is 69.7 Å². The Kier molecular flexibility index (Phi) is 4.64. The Hall–Kier alpha value is -2.97. The third-order valence-corrected chi connectivity index (χ3v) is 3.17. The van der Waals surface area contributed by atoms with Crippen LogP contribution in [0.15, 0.2) is 36.5 Å². The van der Waals surface area contributed by atoms with E-state index in [4.69, 9.17) is 9.47 Å². The number of halogens is 3. The van der Waals surface area contributed by atoms with Crippen molar-refractivity contribution in [2.45, 2.75) is 6.18 Å². The fourth-order valence-electron chi connectivity index (χ4n) is 2.08. The average Bonchev–Trinajstić information content (AvgIpc) is 2.59. The van der Waals surface area contributed by atoms with E-state index < -0.39 is 18.7 Å². The lowest BCUT2D eigenvalue weighted by molar-refractivity contribution is -0.153. The van der Waals surface area contributed by atoms with Crippen LogP contribution in [0, 0.1) is 0 Å². The lowest BCUT2D eigenvalue weighted by Gasteiger charge is -2.18. The number of nitrogens with one attached hydrogen (secondary N) is 1. The molecule has 1 aliphatic rings. The molecule has 25 heavy (non-hydrogen) atoms. The summed E-state index contributed by atoms with van der Waals surface area (Å²) in [5.74, 6) is 0.522. The van der Waals surface area contributed by atoms with Gasteiger partial charge < -0.3 is 19.5 Å². The third kappa shape index (κ3) is 4.52. The quantitative estimate of drug-likeness (QED) is 0.914. The molecular weight excluding hydrogens is 341 g/mol. The molecule has 2 aromatic rings. The summed E-state index contributed by atoms with van der Waals surface area (Å²) in [4.78, 5) is 15.9. The first-order valence-electron chi connectivity index (χ1n) is 7.27. The molecule has 3 rings (SSSR count). The number of amides is 1. The zero-order valence-corrected chi connectivity index (χ0v) is 12.8. The van der Waals surface area contributed by atoms with Gasteiger partial charge in [0.2, 0.25) is 0 Å². The number of pyridine rings is 1. The first kappa shape index (κ1) is 16.9. The Morgan fingerprint density at radius 3 is 2.60 bits per heavy atom. The maximum absolute atomic E-state index is 12.1. The molecule has 1 aliphatic heterocycles. The Bertz CT molecular complexity index is 763. The zero-order chi connectivity index (χ0) is 17.9. The second-order valence-electron chi connectivity index (χ2n) is 5.10.